The van der Waals surface area contributed by atoms with Gasteiger partial charge in [0.1, 0.15) is 11.6 Å². The highest BCUT2D eigenvalue weighted by atomic mass is 16.5. The Morgan fingerprint density at radius 1 is 1.03 bits per heavy atom. The number of carbonyl (C=O) groups excluding carboxylic acids is 1. The SMILES string of the molecule is COc1cccc(C(=O)N[C@H](C)c2nnc3n2CCN(Cc2ccc(CC(C)C)cc2)CC3)c1. The van der Waals surface area contributed by atoms with Crippen LogP contribution in [0.4, 0.5) is 0 Å². The van der Waals surface area contributed by atoms with E-state index in [-0.39, 0.29) is 11.9 Å². The Hall–Kier alpha value is -3.19. The summed E-state index contributed by atoms with van der Waals surface area (Å²) in [6.07, 6.45) is 1.96. The van der Waals surface area contributed by atoms with Crippen molar-refractivity contribution in [2.75, 3.05) is 20.2 Å². The van der Waals surface area contributed by atoms with Gasteiger partial charge in [0.05, 0.1) is 13.2 Å². The van der Waals surface area contributed by atoms with Crippen molar-refractivity contribution in [1.82, 2.24) is 25.0 Å². The van der Waals surface area contributed by atoms with Crippen LogP contribution < -0.4 is 10.1 Å². The van der Waals surface area contributed by atoms with Crippen LogP contribution in [0.2, 0.25) is 0 Å². The molecule has 0 fully saturated rings. The monoisotopic (exact) mass is 461 g/mol. The van der Waals surface area contributed by atoms with Crippen molar-refractivity contribution in [2.45, 2.75) is 52.7 Å². The van der Waals surface area contributed by atoms with Gasteiger partial charge in [0.15, 0.2) is 5.82 Å². The zero-order chi connectivity index (χ0) is 24.1. The molecule has 1 aliphatic heterocycles. The maximum atomic E-state index is 12.8. The lowest BCUT2D eigenvalue weighted by Crippen LogP contribution is -2.30. The average Bonchev–Trinajstić information content (AvgIpc) is 3.14. The van der Waals surface area contributed by atoms with E-state index in [4.69, 9.17) is 4.74 Å². The number of ether oxygens (including phenoxy) is 1. The predicted molar refractivity (Wildman–Crippen MR) is 133 cm³/mol. The normalized spacial score (nSPS) is 15.0. The Morgan fingerprint density at radius 3 is 2.53 bits per heavy atom. The Bertz CT molecular complexity index is 1110. The second-order valence-corrected chi connectivity index (χ2v) is 9.49. The second-order valence-electron chi connectivity index (χ2n) is 9.49. The summed E-state index contributed by atoms with van der Waals surface area (Å²) >= 11 is 0. The summed E-state index contributed by atoms with van der Waals surface area (Å²) in [6.45, 7) is 10.1. The molecule has 0 radical (unpaired) electrons. The lowest BCUT2D eigenvalue weighted by atomic mass is 10.0. The second kappa shape index (κ2) is 10.8. The van der Waals surface area contributed by atoms with Crippen molar-refractivity contribution in [3.63, 3.8) is 0 Å². The number of amides is 1. The largest absolute Gasteiger partial charge is 0.497 e. The van der Waals surface area contributed by atoms with Crippen molar-refractivity contribution in [3.8, 4) is 5.75 Å². The van der Waals surface area contributed by atoms with Crippen LogP contribution >= 0.6 is 0 Å². The highest BCUT2D eigenvalue weighted by Crippen LogP contribution is 2.19. The maximum Gasteiger partial charge on any atom is 0.251 e. The molecule has 4 rings (SSSR count). The Labute approximate surface area is 202 Å². The molecule has 7 heteroatoms. The molecule has 1 N–H and O–H groups in total. The van der Waals surface area contributed by atoms with Crippen molar-refractivity contribution in [1.29, 1.82) is 0 Å². The minimum absolute atomic E-state index is 0.153. The molecular weight excluding hydrogens is 426 g/mol. The van der Waals surface area contributed by atoms with E-state index < -0.39 is 0 Å². The molecular formula is C27H35N5O2. The smallest absolute Gasteiger partial charge is 0.251 e. The molecule has 34 heavy (non-hydrogen) atoms. The minimum Gasteiger partial charge on any atom is -0.497 e. The van der Waals surface area contributed by atoms with Crippen LogP contribution in [0.25, 0.3) is 0 Å². The van der Waals surface area contributed by atoms with E-state index in [0.717, 1.165) is 50.7 Å². The molecule has 2 aromatic carbocycles. The molecule has 0 saturated heterocycles. The molecule has 0 bridgehead atoms. The van der Waals surface area contributed by atoms with E-state index in [1.807, 2.05) is 19.1 Å². The molecule has 0 unspecified atom stereocenters. The average molecular weight is 462 g/mol. The molecule has 0 aliphatic carbocycles. The van der Waals surface area contributed by atoms with Gasteiger partial charge in [0.25, 0.3) is 5.91 Å². The summed E-state index contributed by atoms with van der Waals surface area (Å²) in [5.41, 5.74) is 3.30. The highest BCUT2D eigenvalue weighted by molar-refractivity contribution is 5.94. The van der Waals surface area contributed by atoms with Gasteiger partial charge in [-0.2, -0.15) is 0 Å². The van der Waals surface area contributed by atoms with E-state index in [1.165, 1.54) is 11.1 Å². The number of benzene rings is 2. The molecule has 1 atom stereocenters. The fourth-order valence-corrected chi connectivity index (χ4v) is 4.49. The van der Waals surface area contributed by atoms with E-state index in [1.54, 1.807) is 19.2 Å². The fraction of sp³-hybridized carbons (Fsp3) is 0.444. The number of rotatable bonds is 8. The Kier molecular flexibility index (Phi) is 7.63. The molecule has 7 nitrogen and oxygen atoms in total. The summed E-state index contributed by atoms with van der Waals surface area (Å²) in [4.78, 5) is 15.2. The fourth-order valence-electron chi connectivity index (χ4n) is 4.49. The molecule has 180 valence electrons. The van der Waals surface area contributed by atoms with Crippen molar-refractivity contribution in [3.05, 3.63) is 76.9 Å². The third-order valence-electron chi connectivity index (χ3n) is 6.29. The number of nitrogens with one attached hydrogen (secondary N) is 1. The summed E-state index contributed by atoms with van der Waals surface area (Å²) in [7, 11) is 1.59. The van der Waals surface area contributed by atoms with Crippen molar-refractivity contribution in [2.24, 2.45) is 5.92 Å². The topological polar surface area (TPSA) is 72.3 Å². The van der Waals surface area contributed by atoms with Crippen LogP contribution in [0, 0.1) is 5.92 Å². The first-order chi connectivity index (χ1) is 16.4. The number of hydrogen-bond donors (Lipinski definition) is 1. The van der Waals surface area contributed by atoms with E-state index in [0.29, 0.717) is 17.2 Å². The summed E-state index contributed by atoms with van der Waals surface area (Å²) in [6, 6.07) is 15.9. The molecule has 0 saturated carbocycles. The minimum atomic E-state index is -0.250. The van der Waals surface area contributed by atoms with Crippen LogP contribution in [-0.2, 0) is 25.9 Å². The third kappa shape index (κ3) is 5.83. The molecule has 0 spiro atoms. The summed E-state index contributed by atoms with van der Waals surface area (Å²) < 4.78 is 7.40. The first-order valence-corrected chi connectivity index (χ1v) is 12.1. The van der Waals surface area contributed by atoms with Gasteiger partial charge in [-0.15, -0.1) is 10.2 Å². The van der Waals surface area contributed by atoms with Crippen LogP contribution in [0.1, 0.15) is 59.9 Å². The lowest BCUT2D eigenvalue weighted by Gasteiger charge is -2.20. The van der Waals surface area contributed by atoms with Crippen LogP contribution in [0.3, 0.4) is 0 Å². The number of fused-ring (bicyclic) bond motifs is 1. The number of aromatic nitrogens is 3. The van der Waals surface area contributed by atoms with Gasteiger partial charge in [0.2, 0.25) is 0 Å². The molecule has 1 aromatic heterocycles. The Morgan fingerprint density at radius 2 is 1.79 bits per heavy atom. The standard InChI is InChI=1S/C27H35N5O2/c1-19(2)16-21-8-10-22(11-9-21)18-31-13-12-25-29-30-26(32(25)15-14-31)20(3)28-27(33)23-6-5-7-24(17-23)34-4/h5-11,17,19-20H,12-16,18H2,1-4H3,(H,28,33)/t20-/m1/s1. The number of methoxy groups -OCH3 is 1. The summed E-state index contributed by atoms with van der Waals surface area (Å²) in [5.74, 6) is 2.95. The zero-order valence-electron chi connectivity index (χ0n) is 20.6. The number of carbonyl (C=O) groups is 1. The van der Waals surface area contributed by atoms with Gasteiger partial charge in [-0.1, -0.05) is 44.2 Å². The van der Waals surface area contributed by atoms with Gasteiger partial charge in [0, 0.05) is 38.2 Å². The number of nitrogens with zero attached hydrogens (tertiary/aromatic N) is 4. The van der Waals surface area contributed by atoms with E-state index >= 15 is 0 Å². The van der Waals surface area contributed by atoms with E-state index in [9.17, 15) is 4.79 Å². The first-order valence-electron chi connectivity index (χ1n) is 12.1. The highest BCUT2D eigenvalue weighted by Gasteiger charge is 2.23. The van der Waals surface area contributed by atoms with Gasteiger partial charge in [-0.3, -0.25) is 9.69 Å². The van der Waals surface area contributed by atoms with Gasteiger partial charge < -0.3 is 14.6 Å². The van der Waals surface area contributed by atoms with Crippen molar-refractivity contribution >= 4 is 5.91 Å². The van der Waals surface area contributed by atoms with Gasteiger partial charge in [-0.25, -0.2) is 0 Å². The molecule has 1 aliphatic rings. The predicted octanol–water partition coefficient (Wildman–Crippen LogP) is 4.03. The molecule has 3 aromatic rings. The molecule has 1 amide bonds. The summed E-state index contributed by atoms with van der Waals surface area (Å²) in [5, 5.41) is 11.9. The third-order valence-corrected chi connectivity index (χ3v) is 6.29. The number of hydrogen-bond acceptors (Lipinski definition) is 5. The van der Waals surface area contributed by atoms with Crippen LogP contribution in [0.5, 0.6) is 5.75 Å². The van der Waals surface area contributed by atoms with E-state index in [2.05, 4.69) is 63.1 Å². The van der Waals surface area contributed by atoms with Gasteiger partial charge >= 0.3 is 0 Å². The van der Waals surface area contributed by atoms with Gasteiger partial charge in [-0.05, 0) is 48.6 Å². The van der Waals surface area contributed by atoms with Crippen LogP contribution in [-0.4, -0.2) is 45.8 Å². The lowest BCUT2D eigenvalue weighted by molar-refractivity contribution is 0.0937. The zero-order valence-corrected chi connectivity index (χ0v) is 20.6. The molecule has 2 heterocycles. The Balaban J connectivity index is 1.37. The van der Waals surface area contributed by atoms with Crippen molar-refractivity contribution < 1.29 is 9.53 Å². The first kappa shape index (κ1) is 24.0. The van der Waals surface area contributed by atoms with Crippen LogP contribution in [0.15, 0.2) is 48.5 Å². The maximum absolute atomic E-state index is 12.8. The quantitative estimate of drug-likeness (QED) is 0.548.